The fourth-order valence-corrected chi connectivity index (χ4v) is 2.05. The molecule has 0 bridgehead atoms. The van der Waals surface area contributed by atoms with E-state index in [1.165, 1.54) is 12.0 Å². The molecule has 4 N–H and O–H groups in total. The molecule has 0 aromatic rings. The monoisotopic (exact) mass is 284 g/mol. The van der Waals surface area contributed by atoms with Gasteiger partial charge in [0.25, 0.3) is 0 Å². The number of aliphatic carboxylic acids is 2. The first kappa shape index (κ1) is 16.0. The van der Waals surface area contributed by atoms with E-state index in [9.17, 15) is 14.4 Å². The van der Waals surface area contributed by atoms with Gasteiger partial charge in [-0.1, -0.05) is 11.6 Å². The smallest absolute Gasteiger partial charge is 0.326 e. The first-order chi connectivity index (χ1) is 9.49. The highest BCUT2D eigenvalue weighted by molar-refractivity contribution is 5.86. The van der Waals surface area contributed by atoms with Crippen LogP contribution >= 0.6 is 0 Å². The van der Waals surface area contributed by atoms with Crippen LogP contribution in [0.15, 0.2) is 11.6 Å². The largest absolute Gasteiger partial charge is 0.481 e. The van der Waals surface area contributed by atoms with Gasteiger partial charge in [0.05, 0.1) is 6.42 Å². The van der Waals surface area contributed by atoms with Gasteiger partial charge in [-0.05, 0) is 32.1 Å². The summed E-state index contributed by atoms with van der Waals surface area (Å²) in [5.74, 6) is -2.64. The number of hydrogen-bond acceptors (Lipinski definition) is 3. The topological polar surface area (TPSA) is 116 Å². The standard InChI is InChI=1S/C13H20N2O5/c16-11(17)8-10(12(18)19)15-13(20)14-7-6-9-4-2-1-3-5-9/h4,10H,1-3,5-8H2,(H,16,17)(H,18,19)(H2,14,15,20)/t10-/m0/s1. The lowest BCUT2D eigenvalue weighted by Crippen LogP contribution is -2.47. The van der Waals surface area contributed by atoms with Gasteiger partial charge < -0.3 is 20.8 Å². The van der Waals surface area contributed by atoms with E-state index in [1.807, 2.05) is 0 Å². The number of hydrogen-bond donors (Lipinski definition) is 4. The maximum atomic E-state index is 11.5. The van der Waals surface area contributed by atoms with E-state index in [1.54, 1.807) is 0 Å². The summed E-state index contributed by atoms with van der Waals surface area (Å²) in [6, 6.07) is -2.07. The Bertz CT molecular complexity index is 406. The Kier molecular flexibility index (Phi) is 6.55. The number of carboxylic acid groups (broad SMARTS) is 2. The minimum absolute atomic E-state index is 0.414. The summed E-state index contributed by atoms with van der Waals surface area (Å²) in [5.41, 5.74) is 1.30. The summed E-state index contributed by atoms with van der Waals surface area (Å²) in [6.45, 7) is 0.414. The molecule has 0 radical (unpaired) electrons. The number of carbonyl (C=O) groups is 3. The second-order valence-electron chi connectivity index (χ2n) is 4.75. The van der Waals surface area contributed by atoms with Crippen molar-refractivity contribution in [3.63, 3.8) is 0 Å². The molecule has 20 heavy (non-hydrogen) atoms. The zero-order valence-corrected chi connectivity index (χ0v) is 11.2. The molecule has 1 aliphatic rings. The second kappa shape index (κ2) is 8.19. The lowest BCUT2D eigenvalue weighted by Gasteiger charge is -2.15. The van der Waals surface area contributed by atoms with Crippen LogP contribution < -0.4 is 10.6 Å². The predicted molar refractivity (Wildman–Crippen MR) is 71.4 cm³/mol. The highest BCUT2D eigenvalue weighted by Gasteiger charge is 2.22. The Labute approximate surface area is 117 Å². The first-order valence-corrected chi connectivity index (χ1v) is 6.66. The predicted octanol–water partition coefficient (Wildman–Crippen LogP) is 1.10. The van der Waals surface area contributed by atoms with E-state index in [2.05, 4.69) is 16.7 Å². The van der Waals surface area contributed by atoms with Crippen molar-refractivity contribution in [1.82, 2.24) is 10.6 Å². The van der Waals surface area contributed by atoms with Gasteiger partial charge in [-0.2, -0.15) is 0 Å². The van der Waals surface area contributed by atoms with Crippen molar-refractivity contribution in [1.29, 1.82) is 0 Å². The number of carbonyl (C=O) groups excluding carboxylic acids is 1. The van der Waals surface area contributed by atoms with Crippen molar-refractivity contribution in [3.05, 3.63) is 11.6 Å². The van der Waals surface area contributed by atoms with Crippen LogP contribution in [0.3, 0.4) is 0 Å². The molecular formula is C13H20N2O5. The second-order valence-corrected chi connectivity index (χ2v) is 4.75. The van der Waals surface area contributed by atoms with Crippen LogP contribution in [-0.2, 0) is 9.59 Å². The molecule has 1 aliphatic carbocycles. The summed E-state index contributed by atoms with van der Waals surface area (Å²) in [7, 11) is 0. The van der Waals surface area contributed by atoms with Crippen LogP contribution in [0.4, 0.5) is 4.79 Å². The fraction of sp³-hybridized carbons (Fsp3) is 0.615. The van der Waals surface area contributed by atoms with Gasteiger partial charge in [-0.3, -0.25) is 4.79 Å². The summed E-state index contributed by atoms with van der Waals surface area (Å²) in [6.07, 6.45) is 6.75. The number of allylic oxidation sites excluding steroid dienone is 1. The Balaban J connectivity index is 2.28. The van der Waals surface area contributed by atoms with Crippen LogP contribution in [0.1, 0.15) is 38.5 Å². The molecule has 0 fully saturated rings. The van der Waals surface area contributed by atoms with Gasteiger partial charge in [-0.25, -0.2) is 9.59 Å². The van der Waals surface area contributed by atoms with E-state index in [0.717, 1.165) is 25.7 Å². The van der Waals surface area contributed by atoms with Crippen molar-refractivity contribution in [3.8, 4) is 0 Å². The Morgan fingerprint density at radius 2 is 2.00 bits per heavy atom. The Morgan fingerprint density at radius 3 is 2.55 bits per heavy atom. The third-order valence-electron chi connectivity index (χ3n) is 3.10. The third-order valence-corrected chi connectivity index (χ3v) is 3.10. The molecule has 0 aromatic heterocycles. The third kappa shape index (κ3) is 6.21. The highest BCUT2D eigenvalue weighted by Crippen LogP contribution is 2.19. The molecule has 7 heteroatoms. The SMILES string of the molecule is O=C(O)C[C@H](NC(=O)NCCC1=CCCCC1)C(=O)O. The number of rotatable bonds is 7. The summed E-state index contributed by atoms with van der Waals surface area (Å²) in [4.78, 5) is 32.7. The van der Waals surface area contributed by atoms with Crippen LogP contribution in [-0.4, -0.2) is 40.8 Å². The van der Waals surface area contributed by atoms with Crippen molar-refractivity contribution in [2.75, 3.05) is 6.54 Å². The number of carboxylic acids is 2. The average Bonchev–Trinajstić information content (AvgIpc) is 2.38. The van der Waals surface area contributed by atoms with Crippen molar-refractivity contribution >= 4 is 18.0 Å². The first-order valence-electron chi connectivity index (χ1n) is 6.66. The fourth-order valence-electron chi connectivity index (χ4n) is 2.05. The molecule has 112 valence electrons. The van der Waals surface area contributed by atoms with E-state index in [0.29, 0.717) is 6.54 Å². The van der Waals surface area contributed by atoms with E-state index in [-0.39, 0.29) is 0 Å². The van der Waals surface area contributed by atoms with Gasteiger partial charge in [0, 0.05) is 6.54 Å². The highest BCUT2D eigenvalue weighted by atomic mass is 16.4. The van der Waals surface area contributed by atoms with E-state index in [4.69, 9.17) is 10.2 Å². The lowest BCUT2D eigenvalue weighted by atomic mass is 9.97. The molecule has 2 amide bonds. The molecule has 0 saturated carbocycles. The molecule has 7 nitrogen and oxygen atoms in total. The van der Waals surface area contributed by atoms with Gasteiger partial charge in [-0.15, -0.1) is 0 Å². The zero-order valence-electron chi connectivity index (χ0n) is 11.2. The normalized spacial score (nSPS) is 15.9. The summed E-state index contributed by atoms with van der Waals surface area (Å²) < 4.78 is 0. The van der Waals surface area contributed by atoms with Gasteiger partial charge >= 0.3 is 18.0 Å². The minimum atomic E-state index is -1.42. The molecule has 1 rings (SSSR count). The molecule has 0 aromatic carbocycles. The maximum Gasteiger partial charge on any atom is 0.326 e. The summed E-state index contributed by atoms with van der Waals surface area (Å²) >= 11 is 0. The van der Waals surface area contributed by atoms with Crippen molar-refractivity contribution in [2.24, 2.45) is 0 Å². The molecule has 0 saturated heterocycles. The minimum Gasteiger partial charge on any atom is -0.481 e. The Hall–Kier alpha value is -2.05. The quantitative estimate of drug-likeness (QED) is 0.522. The van der Waals surface area contributed by atoms with E-state index < -0.39 is 30.4 Å². The van der Waals surface area contributed by atoms with E-state index >= 15 is 0 Å². The lowest BCUT2D eigenvalue weighted by molar-refractivity contribution is -0.145. The van der Waals surface area contributed by atoms with Crippen LogP contribution in [0, 0.1) is 0 Å². The van der Waals surface area contributed by atoms with Crippen LogP contribution in [0.5, 0.6) is 0 Å². The van der Waals surface area contributed by atoms with Crippen LogP contribution in [0.25, 0.3) is 0 Å². The average molecular weight is 284 g/mol. The number of amides is 2. The molecule has 0 spiro atoms. The molecule has 0 aliphatic heterocycles. The maximum absolute atomic E-state index is 11.5. The molecular weight excluding hydrogens is 264 g/mol. The number of nitrogens with one attached hydrogen (secondary N) is 2. The number of urea groups is 1. The zero-order chi connectivity index (χ0) is 15.0. The van der Waals surface area contributed by atoms with Crippen LogP contribution in [0.2, 0.25) is 0 Å². The van der Waals surface area contributed by atoms with Gasteiger partial charge in [0.2, 0.25) is 0 Å². The summed E-state index contributed by atoms with van der Waals surface area (Å²) in [5, 5.41) is 22.0. The van der Waals surface area contributed by atoms with Crippen molar-refractivity contribution in [2.45, 2.75) is 44.6 Å². The Morgan fingerprint density at radius 1 is 1.25 bits per heavy atom. The van der Waals surface area contributed by atoms with Gasteiger partial charge in [0.1, 0.15) is 6.04 Å². The van der Waals surface area contributed by atoms with Crippen molar-refractivity contribution < 1.29 is 24.6 Å². The molecule has 1 atom stereocenters. The molecule has 0 heterocycles. The molecule has 0 unspecified atom stereocenters. The van der Waals surface area contributed by atoms with Gasteiger partial charge in [0.15, 0.2) is 0 Å².